The zero-order valence-electron chi connectivity index (χ0n) is 22.3. The summed E-state index contributed by atoms with van der Waals surface area (Å²) in [4.78, 5) is 26.3. The van der Waals surface area contributed by atoms with Crippen LogP contribution in [-0.4, -0.2) is 68.3 Å². The number of aliphatic carboxylic acids is 1. The average molecular weight is 611 g/mol. The van der Waals surface area contributed by atoms with E-state index in [-0.39, 0.29) is 17.2 Å². The van der Waals surface area contributed by atoms with E-state index in [1.165, 1.54) is 16.1 Å². The van der Waals surface area contributed by atoms with Gasteiger partial charge in [-0.15, -0.1) is 0 Å². The molecule has 0 bridgehead atoms. The Kier molecular flexibility index (Phi) is 9.03. The average Bonchev–Trinajstić information content (AvgIpc) is 3.71. The van der Waals surface area contributed by atoms with Crippen LogP contribution in [0.3, 0.4) is 0 Å². The highest BCUT2D eigenvalue weighted by Gasteiger charge is 2.32. The number of rotatable bonds is 11. The molecule has 0 saturated carbocycles. The molecule has 5 rings (SSSR count). The molecule has 2 fully saturated rings. The van der Waals surface area contributed by atoms with Crippen molar-refractivity contribution in [3.63, 3.8) is 0 Å². The molecule has 3 heterocycles. The number of carbonyl (C=O) groups excluding carboxylic acids is 1. The van der Waals surface area contributed by atoms with Gasteiger partial charge in [0.25, 0.3) is 5.91 Å². The number of hydrogen-bond donors (Lipinski definition) is 1. The quantitative estimate of drug-likeness (QED) is 0.180. The summed E-state index contributed by atoms with van der Waals surface area (Å²) in [6.45, 7) is 1.46. The summed E-state index contributed by atoms with van der Waals surface area (Å²) in [7, 11) is -3.62. The molecule has 1 N–H and O–H groups in total. The van der Waals surface area contributed by atoms with Crippen LogP contribution in [0.25, 0.3) is 23.0 Å². The lowest BCUT2D eigenvalue weighted by Crippen LogP contribution is -2.29. The second-order valence-corrected chi connectivity index (χ2v) is 13.5. The maximum atomic E-state index is 13.3. The minimum Gasteiger partial charge on any atom is -0.481 e. The number of hydrogen-bond acceptors (Lipinski definition) is 7. The van der Waals surface area contributed by atoms with E-state index in [2.05, 4.69) is 0 Å². The molecular formula is C29H30N4O5S3. The molecule has 0 radical (unpaired) electrons. The number of nitrogens with zero attached hydrogens (tertiary/aromatic N) is 4. The van der Waals surface area contributed by atoms with E-state index >= 15 is 0 Å². The van der Waals surface area contributed by atoms with Crippen LogP contribution in [0, 0.1) is 0 Å². The van der Waals surface area contributed by atoms with E-state index in [1.54, 1.807) is 33.9 Å². The minimum atomic E-state index is -3.62. The molecule has 2 aliphatic heterocycles. The Morgan fingerprint density at radius 1 is 1.05 bits per heavy atom. The first-order chi connectivity index (χ1) is 19.7. The Bertz CT molecular complexity index is 1600. The molecule has 0 atom stereocenters. The molecule has 214 valence electrons. The lowest BCUT2D eigenvalue weighted by atomic mass is 10.1. The molecule has 2 aliphatic rings. The van der Waals surface area contributed by atoms with Crippen molar-refractivity contribution in [1.82, 2.24) is 19.0 Å². The van der Waals surface area contributed by atoms with Gasteiger partial charge in [-0.2, -0.15) is 9.40 Å². The van der Waals surface area contributed by atoms with Gasteiger partial charge in [0.1, 0.15) is 10.0 Å². The predicted molar refractivity (Wildman–Crippen MR) is 163 cm³/mol. The van der Waals surface area contributed by atoms with Crippen LogP contribution in [0.2, 0.25) is 0 Å². The number of carboxylic acids is 1. The van der Waals surface area contributed by atoms with Gasteiger partial charge in [0, 0.05) is 43.4 Å². The predicted octanol–water partition coefficient (Wildman–Crippen LogP) is 5.17. The molecule has 12 heteroatoms. The van der Waals surface area contributed by atoms with Crippen LogP contribution in [0.4, 0.5) is 0 Å². The molecular weight excluding hydrogens is 581 g/mol. The third-order valence-corrected chi connectivity index (χ3v) is 10.3. The molecule has 1 aromatic heterocycles. The largest absolute Gasteiger partial charge is 0.481 e. The smallest absolute Gasteiger partial charge is 0.303 e. The van der Waals surface area contributed by atoms with Crippen molar-refractivity contribution in [3.05, 3.63) is 71.3 Å². The topological polar surface area (TPSA) is 113 Å². The van der Waals surface area contributed by atoms with E-state index in [4.69, 9.17) is 22.4 Å². The normalized spacial score (nSPS) is 17.2. The van der Waals surface area contributed by atoms with Gasteiger partial charge < -0.3 is 5.11 Å². The number of amides is 1. The highest BCUT2D eigenvalue weighted by Crippen LogP contribution is 2.36. The Balaban J connectivity index is 1.46. The van der Waals surface area contributed by atoms with E-state index in [9.17, 15) is 18.0 Å². The summed E-state index contributed by atoms with van der Waals surface area (Å²) in [5.74, 6) is -1.04. The fraction of sp³-hybridized carbons (Fsp3) is 0.310. The van der Waals surface area contributed by atoms with Gasteiger partial charge in [-0.25, -0.2) is 13.1 Å². The second kappa shape index (κ2) is 12.7. The van der Waals surface area contributed by atoms with Crippen molar-refractivity contribution in [3.8, 4) is 16.9 Å². The summed E-state index contributed by atoms with van der Waals surface area (Å²) < 4.78 is 30.2. The third kappa shape index (κ3) is 6.61. The molecule has 41 heavy (non-hydrogen) atoms. The van der Waals surface area contributed by atoms with E-state index in [1.807, 2.05) is 42.6 Å². The zero-order valence-corrected chi connectivity index (χ0v) is 24.8. The number of carbonyl (C=O) groups is 2. The molecule has 0 unspecified atom stereocenters. The molecule has 2 saturated heterocycles. The van der Waals surface area contributed by atoms with E-state index < -0.39 is 16.0 Å². The van der Waals surface area contributed by atoms with Gasteiger partial charge in [0.15, 0.2) is 0 Å². The minimum absolute atomic E-state index is 0.104. The maximum absolute atomic E-state index is 13.3. The van der Waals surface area contributed by atoms with Gasteiger partial charge in [0.2, 0.25) is 10.0 Å². The monoisotopic (exact) mass is 610 g/mol. The summed E-state index contributed by atoms with van der Waals surface area (Å²) in [6.07, 6.45) is 7.28. The molecule has 9 nitrogen and oxygen atoms in total. The number of carboxylic acid groups (broad SMARTS) is 1. The van der Waals surface area contributed by atoms with E-state index in [0.29, 0.717) is 64.9 Å². The fourth-order valence-corrected chi connectivity index (χ4v) is 7.73. The Morgan fingerprint density at radius 3 is 2.54 bits per heavy atom. The lowest BCUT2D eigenvalue weighted by molar-refractivity contribution is -0.137. The maximum Gasteiger partial charge on any atom is 0.303 e. The van der Waals surface area contributed by atoms with Crippen LogP contribution < -0.4 is 0 Å². The SMILES string of the molecule is O=C(O)CCCCCN1C(=O)/C(=C/c2cn(-c3ccccc3)nc2-c2cccc(S(=O)(=O)N3CCCC3)c2)SC1=S. The number of para-hydroxylation sites is 1. The lowest BCUT2D eigenvalue weighted by Gasteiger charge is -2.16. The van der Waals surface area contributed by atoms with Crippen LogP contribution >= 0.6 is 24.0 Å². The summed E-state index contributed by atoms with van der Waals surface area (Å²) in [6, 6.07) is 16.3. The number of thiocarbonyl (C=S) groups is 1. The van der Waals surface area contributed by atoms with Crippen LogP contribution in [0.1, 0.15) is 44.1 Å². The van der Waals surface area contributed by atoms with Crippen molar-refractivity contribution >= 4 is 56.3 Å². The molecule has 0 aliphatic carbocycles. The Labute approximate surface area is 248 Å². The first kappa shape index (κ1) is 29.2. The second-order valence-electron chi connectivity index (χ2n) is 9.89. The number of aromatic nitrogens is 2. The molecule has 3 aromatic rings. The Morgan fingerprint density at radius 2 is 1.80 bits per heavy atom. The molecule has 0 spiro atoms. The van der Waals surface area contributed by atoms with Crippen molar-refractivity contribution in [2.75, 3.05) is 19.6 Å². The standard InChI is InChI=1S/C29H30N4O5S3/c34-26(35)14-5-2-6-17-32-28(36)25(40-29(32)39)19-22-20-33(23-11-3-1-4-12-23)30-27(22)21-10-9-13-24(18-21)41(37,38)31-15-7-8-16-31/h1,3-4,9-13,18-20H,2,5-8,14-17H2,(H,34,35)/b25-19-. The van der Waals surface area contributed by atoms with Crippen molar-refractivity contribution in [2.24, 2.45) is 0 Å². The summed E-state index contributed by atoms with van der Waals surface area (Å²) >= 11 is 6.70. The highest BCUT2D eigenvalue weighted by atomic mass is 32.2. The van der Waals surface area contributed by atoms with Gasteiger partial charge in [-0.3, -0.25) is 14.5 Å². The van der Waals surface area contributed by atoms with Crippen molar-refractivity contribution < 1.29 is 23.1 Å². The highest BCUT2D eigenvalue weighted by molar-refractivity contribution is 8.26. The Hall–Kier alpha value is -3.32. The number of sulfonamides is 1. The van der Waals surface area contributed by atoms with Gasteiger partial charge >= 0.3 is 5.97 Å². The number of benzene rings is 2. The van der Waals surface area contributed by atoms with Crippen molar-refractivity contribution in [1.29, 1.82) is 0 Å². The van der Waals surface area contributed by atoms with Crippen LogP contribution in [0.15, 0.2) is 70.6 Å². The number of thioether (sulfide) groups is 1. The summed E-state index contributed by atoms with van der Waals surface area (Å²) in [5, 5.41) is 13.6. The first-order valence-corrected chi connectivity index (χ1v) is 16.1. The molecule has 2 aromatic carbocycles. The number of unbranched alkanes of at least 4 members (excludes halogenated alkanes) is 2. The summed E-state index contributed by atoms with van der Waals surface area (Å²) in [5.41, 5.74) is 2.65. The molecule has 1 amide bonds. The van der Waals surface area contributed by atoms with Crippen LogP contribution in [-0.2, 0) is 19.6 Å². The van der Waals surface area contributed by atoms with Crippen molar-refractivity contribution in [2.45, 2.75) is 43.4 Å². The van der Waals surface area contributed by atoms with E-state index in [0.717, 1.165) is 18.5 Å². The van der Waals surface area contributed by atoms with Gasteiger partial charge in [-0.1, -0.05) is 60.7 Å². The zero-order chi connectivity index (χ0) is 29.0. The first-order valence-electron chi connectivity index (χ1n) is 13.5. The fourth-order valence-electron chi connectivity index (χ4n) is 4.87. The van der Waals surface area contributed by atoms with Gasteiger partial charge in [0.05, 0.1) is 15.5 Å². The third-order valence-electron chi connectivity index (χ3n) is 7.01. The van der Waals surface area contributed by atoms with Crippen LogP contribution in [0.5, 0.6) is 0 Å². The van der Waals surface area contributed by atoms with Gasteiger partial charge in [-0.05, 0) is 56.0 Å².